The molecule has 0 N–H and O–H groups in total. The summed E-state index contributed by atoms with van der Waals surface area (Å²) in [6.07, 6.45) is 8.58. The van der Waals surface area contributed by atoms with Gasteiger partial charge < -0.3 is 0 Å². The number of fused-ring (bicyclic) bond motifs is 1. The third-order valence-electron chi connectivity index (χ3n) is 8.32. The Kier molecular flexibility index (Phi) is 9.98. The van der Waals surface area contributed by atoms with Gasteiger partial charge in [-0.3, -0.25) is 0 Å². The molecular formula is C32H45NO2Sn. The number of ether oxygens (including phenoxy) is 1. The van der Waals surface area contributed by atoms with Gasteiger partial charge in [0.05, 0.1) is 0 Å². The number of para-hydroxylation sites is 1. The quantitative estimate of drug-likeness (QED) is 0.165. The van der Waals surface area contributed by atoms with Crippen LogP contribution in [0.15, 0.2) is 70.3 Å². The molecular weight excluding hydrogens is 549 g/mol. The van der Waals surface area contributed by atoms with Crippen LogP contribution in [0.4, 0.5) is 0 Å². The molecule has 2 aromatic rings. The number of unbranched alkanes of at least 4 members (excludes halogenated alkanes) is 3. The fourth-order valence-corrected chi connectivity index (χ4v) is 21.8. The fraction of sp³-hybridized carbons (Fsp3) is 0.531. The first-order chi connectivity index (χ1) is 17.6. The van der Waals surface area contributed by atoms with Gasteiger partial charge in [-0.15, -0.1) is 0 Å². The van der Waals surface area contributed by atoms with Crippen molar-refractivity contribution in [3.8, 4) is 5.75 Å². The van der Waals surface area contributed by atoms with Gasteiger partial charge in [-0.1, -0.05) is 0 Å². The van der Waals surface area contributed by atoms with E-state index in [0.29, 0.717) is 5.92 Å². The first kappa shape index (κ1) is 27.3. The number of β-lactam (4-membered cyclic amide) rings is 1. The molecule has 3 atom stereocenters. The molecule has 0 saturated carbocycles. The molecule has 2 aliphatic rings. The van der Waals surface area contributed by atoms with E-state index in [9.17, 15) is 4.79 Å². The molecule has 2 aromatic carbocycles. The summed E-state index contributed by atoms with van der Waals surface area (Å²) < 4.78 is 13.6. The number of nitrogens with zero attached hydrogens (tertiary/aromatic N) is 1. The molecule has 0 spiro atoms. The summed E-state index contributed by atoms with van der Waals surface area (Å²) in [6, 6.07) is 20.9. The Balaban J connectivity index is 1.67. The van der Waals surface area contributed by atoms with Gasteiger partial charge in [-0.2, -0.15) is 0 Å². The summed E-state index contributed by atoms with van der Waals surface area (Å²) in [5.41, 5.74) is 2.93. The molecule has 3 nitrogen and oxygen atoms in total. The standard InChI is InChI=1S/C20H18NO2.3C4H9.Sn/c1-14-13-21-18(17(14)12-15-8-4-2-5-9-15)19(20(21)22)23-16-10-6-3-7-11-16;3*1-3-4-2;/h1-11,17-19H,12-13H2;3*1,3-4H2,2H3;/t17-,18-,19+;;;;/m0..../s1. The predicted octanol–water partition coefficient (Wildman–Crippen LogP) is 7.83. The van der Waals surface area contributed by atoms with Crippen LogP contribution in [0.25, 0.3) is 0 Å². The zero-order chi connectivity index (χ0) is 25.4. The molecule has 36 heavy (non-hydrogen) atoms. The number of amides is 1. The predicted molar refractivity (Wildman–Crippen MR) is 153 cm³/mol. The second kappa shape index (κ2) is 13.2. The monoisotopic (exact) mass is 595 g/mol. The number of benzene rings is 2. The van der Waals surface area contributed by atoms with E-state index in [-0.39, 0.29) is 18.1 Å². The van der Waals surface area contributed by atoms with Gasteiger partial charge >= 0.3 is 224 Å². The van der Waals surface area contributed by atoms with Crippen molar-refractivity contribution < 1.29 is 9.53 Å². The minimum absolute atomic E-state index is 0.150. The number of carbonyl (C=O) groups is 1. The number of hydrogen-bond acceptors (Lipinski definition) is 2. The van der Waals surface area contributed by atoms with Gasteiger partial charge in [0.2, 0.25) is 0 Å². The van der Waals surface area contributed by atoms with Gasteiger partial charge in [0, 0.05) is 0 Å². The van der Waals surface area contributed by atoms with Crippen molar-refractivity contribution in [3.05, 3.63) is 75.9 Å². The summed E-state index contributed by atoms with van der Waals surface area (Å²) in [6.45, 7) is 7.84. The first-order valence-electron chi connectivity index (χ1n) is 14.4. The van der Waals surface area contributed by atoms with E-state index in [1.165, 1.54) is 57.4 Å². The molecule has 2 aliphatic heterocycles. The molecule has 0 bridgehead atoms. The number of carbonyl (C=O) groups excluding carboxylic acids is 1. The van der Waals surface area contributed by atoms with Crippen molar-refractivity contribution in [1.29, 1.82) is 0 Å². The van der Waals surface area contributed by atoms with E-state index in [1.807, 2.05) is 30.3 Å². The maximum atomic E-state index is 13.3. The average Bonchev–Trinajstić information content (AvgIpc) is 3.22. The van der Waals surface area contributed by atoms with Crippen LogP contribution in [-0.4, -0.2) is 47.9 Å². The van der Waals surface area contributed by atoms with Crippen molar-refractivity contribution in [2.24, 2.45) is 5.92 Å². The Labute approximate surface area is 223 Å². The van der Waals surface area contributed by atoms with Gasteiger partial charge in [0.15, 0.2) is 0 Å². The first-order valence-corrected chi connectivity index (χ1v) is 22.1. The van der Waals surface area contributed by atoms with Crippen molar-refractivity contribution in [2.45, 2.75) is 91.2 Å². The minimum atomic E-state index is -2.50. The second-order valence-electron chi connectivity index (χ2n) is 11.0. The Bertz CT molecular complexity index is 968. The molecule has 2 saturated heterocycles. The molecule has 0 radical (unpaired) electrons. The van der Waals surface area contributed by atoms with Crippen LogP contribution in [0.1, 0.15) is 64.9 Å². The van der Waals surface area contributed by atoms with Crippen molar-refractivity contribution in [3.63, 3.8) is 0 Å². The SMILES string of the molecule is CCC[CH2][Sn](/[CH]=C1\CN2C(=O)[C@H](Oc3ccccc3)[C@@H]2[C@H]1Cc1ccccc1)([CH2]CCC)[CH2]CCC. The Morgan fingerprint density at radius 1 is 0.861 bits per heavy atom. The molecule has 4 heteroatoms. The maximum absolute atomic E-state index is 13.3. The summed E-state index contributed by atoms with van der Waals surface area (Å²) in [5.74, 6) is 1.33. The molecule has 0 aromatic heterocycles. The van der Waals surface area contributed by atoms with Crippen molar-refractivity contribution >= 4 is 24.3 Å². The van der Waals surface area contributed by atoms with Gasteiger partial charge in [0.1, 0.15) is 0 Å². The molecule has 2 fully saturated rings. The van der Waals surface area contributed by atoms with Crippen LogP contribution in [0.3, 0.4) is 0 Å². The second-order valence-corrected chi connectivity index (χ2v) is 23.9. The van der Waals surface area contributed by atoms with E-state index in [4.69, 9.17) is 4.74 Å². The number of hydrogen-bond donors (Lipinski definition) is 0. The van der Waals surface area contributed by atoms with Crippen LogP contribution < -0.4 is 4.74 Å². The Morgan fingerprint density at radius 3 is 1.97 bits per heavy atom. The average molecular weight is 594 g/mol. The van der Waals surface area contributed by atoms with Gasteiger partial charge in [-0.25, -0.2) is 0 Å². The van der Waals surface area contributed by atoms with Crippen LogP contribution in [0.5, 0.6) is 5.75 Å². The summed E-state index contributed by atoms with van der Waals surface area (Å²) in [5, 5.41) is 0. The van der Waals surface area contributed by atoms with E-state index in [1.54, 1.807) is 5.57 Å². The molecule has 0 unspecified atom stereocenters. The van der Waals surface area contributed by atoms with E-state index < -0.39 is 18.4 Å². The van der Waals surface area contributed by atoms with E-state index >= 15 is 0 Å². The molecule has 194 valence electrons. The summed E-state index contributed by atoms with van der Waals surface area (Å²) in [4.78, 5) is 15.4. The van der Waals surface area contributed by atoms with Crippen molar-refractivity contribution in [1.82, 2.24) is 4.90 Å². The number of rotatable bonds is 14. The van der Waals surface area contributed by atoms with Gasteiger partial charge in [-0.05, 0) is 0 Å². The fourth-order valence-electron chi connectivity index (χ4n) is 6.29. The summed E-state index contributed by atoms with van der Waals surface area (Å²) >= 11 is -2.50. The van der Waals surface area contributed by atoms with Crippen LogP contribution in [0.2, 0.25) is 13.3 Å². The normalized spacial score (nSPS) is 22.5. The van der Waals surface area contributed by atoms with Crippen LogP contribution >= 0.6 is 0 Å². The molecule has 1 amide bonds. The zero-order valence-corrected chi connectivity index (χ0v) is 25.5. The molecule has 4 rings (SSSR count). The topological polar surface area (TPSA) is 29.5 Å². The third-order valence-corrected chi connectivity index (χ3v) is 22.7. The van der Waals surface area contributed by atoms with E-state index in [0.717, 1.165) is 18.7 Å². The Morgan fingerprint density at radius 2 is 1.42 bits per heavy atom. The summed E-state index contributed by atoms with van der Waals surface area (Å²) in [7, 11) is 0. The van der Waals surface area contributed by atoms with Gasteiger partial charge in [0.25, 0.3) is 0 Å². The molecule has 0 aliphatic carbocycles. The van der Waals surface area contributed by atoms with Crippen molar-refractivity contribution in [2.75, 3.05) is 6.54 Å². The Hall–Kier alpha value is -1.75. The van der Waals surface area contributed by atoms with Crippen LogP contribution in [0, 0.1) is 5.92 Å². The van der Waals surface area contributed by atoms with Crippen LogP contribution in [-0.2, 0) is 11.2 Å². The zero-order valence-electron chi connectivity index (χ0n) is 22.6. The molecule has 2 heterocycles. The third kappa shape index (κ3) is 6.38. The van der Waals surface area contributed by atoms with E-state index in [2.05, 4.69) is 60.1 Å².